The van der Waals surface area contributed by atoms with E-state index in [1.165, 1.54) is 0 Å². The van der Waals surface area contributed by atoms with Crippen LogP contribution in [0, 0.1) is 11.7 Å². The third-order valence-corrected chi connectivity index (χ3v) is 3.91. The minimum absolute atomic E-state index is 0.0806. The molecule has 2 N–H and O–H groups in total. The minimum atomic E-state index is -0.548. The van der Waals surface area contributed by atoms with Gasteiger partial charge in [0.1, 0.15) is 0 Å². The van der Waals surface area contributed by atoms with Crippen LogP contribution in [-0.4, -0.2) is 25.0 Å². The maximum absolute atomic E-state index is 13.3. The smallest absolute Gasteiger partial charge is 0.160 e. The van der Waals surface area contributed by atoms with Gasteiger partial charge in [0.05, 0.1) is 10.0 Å². The zero-order valence-electron chi connectivity index (χ0n) is 9.59. The van der Waals surface area contributed by atoms with Gasteiger partial charge >= 0.3 is 0 Å². The normalized spacial score (nSPS) is 25.5. The molecule has 1 aliphatic rings. The number of nitrogens with two attached hydrogens (primary N) is 1. The highest BCUT2D eigenvalue weighted by atomic mass is 35.5. The quantitative estimate of drug-likeness (QED) is 0.842. The van der Waals surface area contributed by atoms with Crippen LogP contribution in [-0.2, 0) is 0 Å². The number of rotatable bonds is 2. The van der Waals surface area contributed by atoms with E-state index in [1.54, 1.807) is 12.1 Å². The summed E-state index contributed by atoms with van der Waals surface area (Å²) >= 11 is 11.6. The molecule has 1 fully saturated rings. The van der Waals surface area contributed by atoms with Crippen molar-refractivity contribution in [3.63, 3.8) is 0 Å². The first-order valence-corrected chi connectivity index (χ1v) is 6.33. The van der Waals surface area contributed by atoms with E-state index in [4.69, 9.17) is 28.9 Å². The Labute approximate surface area is 110 Å². The van der Waals surface area contributed by atoms with Crippen molar-refractivity contribution >= 4 is 23.2 Å². The largest absolute Gasteiger partial charge is 0.330 e. The molecule has 17 heavy (non-hydrogen) atoms. The molecule has 5 heteroatoms. The summed E-state index contributed by atoms with van der Waals surface area (Å²) in [7, 11) is 2.03. The fourth-order valence-corrected chi connectivity index (χ4v) is 2.94. The molecule has 1 aliphatic heterocycles. The second kappa shape index (κ2) is 5.11. The third kappa shape index (κ3) is 2.58. The van der Waals surface area contributed by atoms with Crippen molar-refractivity contribution < 1.29 is 4.39 Å². The zero-order valence-corrected chi connectivity index (χ0v) is 11.1. The number of benzene rings is 1. The molecule has 2 rings (SSSR count). The molecule has 2 unspecified atom stereocenters. The van der Waals surface area contributed by atoms with E-state index in [-0.39, 0.29) is 16.1 Å². The molecule has 0 bridgehead atoms. The van der Waals surface area contributed by atoms with Crippen molar-refractivity contribution in [2.45, 2.75) is 12.5 Å². The molecule has 0 aromatic heterocycles. The summed E-state index contributed by atoms with van der Waals surface area (Å²) in [6, 6.07) is 3.53. The lowest BCUT2D eigenvalue weighted by Crippen LogP contribution is -2.20. The number of halogens is 3. The average Bonchev–Trinajstić information content (AvgIpc) is 2.67. The average molecular weight is 277 g/mol. The summed E-state index contributed by atoms with van der Waals surface area (Å²) in [6.45, 7) is 1.62. The van der Waals surface area contributed by atoms with Crippen LogP contribution >= 0.6 is 23.2 Å². The van der Waals surface area contributed by atoms with Gasteiger partial charge in [0.2, 0.25) is 0 Å². The molecule has 0 saturated carbocycles. The van der Waals surface area contributed by atoms with Crippen LogP contribution in [0.15, 0.2) is 12.1 Å². The lowest BCUT2D eigenvalue weighted by atomic mass is 10.00. The molecule has 94 valence electrons. The third-order valence-electron chi connectivity index (χ3n) is 3.36. The van der Waals surface area contributed by atoms with Gasteiger partial charge in [0.15, 0.2) is 5.82 Å². The first kappa shape index (κ1) is 13.1. The topological polar surface area (TPSA) is 29.3 Å². The van der Waals surface area contributed by atoms with Gasteiger partial charge in [-0.3, -0.25) is 4.90 Å². The fourth-order valence-electron chi connectivity index (χ4n) is 2.43. The summed E-state index contributed by atoms with van der Waals surface area (Å²) < 4.78 is 13.3. The lowest BCUT2D eigenvalue weighted by molar-refractivity contribution is 0.313. The standard InChI is InChI=1S/C12H15Cl2FN2/c1-17-6-7(5-16)2-11(17)8-3-9(13)12(15)10(14)4-8/h3-4,7,11H,2,5-6,16H2,1H3. The van der Waals surface area contributed by atoms with Crippen molar-refractivity contribution in [1.29, 1.82) is 0 Å². The summed E-state index contributed by atoms with van der Waals surface area (Å²) in [4.78, 5) is 2.21. The Morgan fingerprint density at radius 2 is 2.00 bits per heavy atom. The zero-order chi connectivity index (χ0) is 12.6. The Balaban J connectivity index is 2.29. The van der Waals surface area contributed by atoms with Gasteiger partial charge in [-0.05, 0) is 43.6 Å². The first-order valence-electron chi connectivity index (χ1n) is 5.57. The van der Waals surface area contributed by atoms with Crippen LogP contribution in [0.25, 0.3) is 0 Å². The van der Waals surface area contributed by atoms with Gasteiger partial charge in [-0.2, -0.15) is 0 Å². The number of likely N-dealkylation sites (tertiary alicyclic amines) is 1. The molecule has 1 saturated heterocycles. The highest BCUT2D eigenvalue weighted by Crippen LogP contribution is 2.37. The number of hydrogen-bond acceptors (Lipinski definition) is 2. The summed E-state index contributed by atoms with van der Waals surface area (Å²) in [6.07, 6.45) is 0.964. The summed E-state index contributed by atoms with van der Waals surface area (Å²) in [5.74, 6) is -0.0688. The van der Waals surface area contributed by atoms with Crippen molar-refractivity contribution in [2.24, 2.45) is 11.7 Å². The van der Waals surface area contributed by atoms with Gasteiger partial charge in [-0.15, -0.1) is 0 Å². The number of hydrogen-bond donors (Lipinski definition) is 1. The molecule has 0 amide bonds. The summed E-state index contributed by atoms with van der Waals surface area (Å²) in [5.41, 5.74) is 6.64. The van der Waals surface area contributed by atoms with Crippen LogP contribution in [0.5, 0.6) is 0 Å². The van der Waals surface area contributed by atoms with Crippen molar-refractivity contribution in [3.05, 3.63) is 33.6 Å². The van der Waals surface area contributed by atoms with Crippen LogP contribution in [0.1, 0.15) is 18.0 Å². The van der Waals surface area contributed by atoms with Crippen LogP contribution in [0.4, 0.5) is 4.39 Å². The second-order valence-corrected chi connectivity index (χ2v) is 5.41. The van der Waals surface area contributed by atoms with E-state index in [1.807, 2.05) is 7.05 Å². The molecule has 1 aromatic carbocycles. The van der Waals surface area contributed by atoms with Gasteiger partial charge in [0, 0.05) is 12.6 Å². The van der Waals surface area contributed by atoms with E-state index in [0.29, 0.717) is 12.5 Å². The molecule has 1 heterocycles. The first-order chi connectivity index (χ1) is 8.02. The van der Waals surface area contributed by atoms with Crippen molar-refractivity contribution in [2.75, 3.05) is 20.1 Å². The predicted octanol–water partition coefficient (Wildman–Crippen LogP) is 3.08. The highest BCUT2D eigenvalue weighted by Gasteiger charge is 2.30. The molecular formula is C12H15Cl2FN2. The molecule has 1 aromatic rings. The van der Waals surface area contributed by atoms with E-state index < -0.39 is 5.82 Å². The predicted molar refractivity (Wildman–Crippen MR) is 69.0 cm³/mol. The van der Waals surface area contributed by atoms with Gasteiger partial charge in [-0.1, -0.05) is 23.2 Å². The Morgan fingerprint density at radius 3 is 2.47 bits per heavy atom. The Bertz CT molecular complexity index is 402. The Kier molecular flexibility index (Phi) is 3.93. The van der Waals surface area contributed by atoms with E-state index >= 15 is 0 Å². The van der Waals surface area contributed by atoms with Gasteiger partial charge < -0.3 is 5.73 Å². The lowest BCUT2D eigenvalue weighted by Gasteiger charge is -2.20. The maximum atomic E-state index is 13.3. The van der Waals surface area contributed by atoms with Crippen molar-refractivity contribution in [3.8, 4) is 0 Å². The van der Waals surface area contributed by atoms with E-state index in [0.717, 1.165) is 18.5 Å². The monoisotopic (exact) mass is 276 g/mol. The molecular weight excluding hydrogens is 262 g/mol. The SMILES string of the molecule is CN1CC(CN)CC1c1cc(Cl)c(F)c(Cl)c1. The summed E-state index contributed by atoms with van der Waals surface area (Å²) in [5, 5.41) is 0.161. The maximum Gasteiger partial charge on any atom is 0.160 e. The molecule has 2 nitrogen and oxygen atoms in total. The molecule has 0 aliphatic carbocycles. The van der Waals surface area contributed by atoms with E-state index in [2.05, 4.69) is 4.90 Å². The molecule has 0 radical (unpaired) electrons. The Hall–Kier alpha value is -0.350. The van der Waals surface area contributed by atoms with Crippen LogP contribution in [0.3, 0.4) is 0 Å². The molecule has 2 atom stereocenters. The van der Waals surface area contributed by atoms with E-state index in [9.17, 15) is 4.39 Å². The Morgan fingerprint density at radius 1 is 1.41 bits per heavy atom. The fraction of sp³-hybridized carbons (Fsp3) is 0.500. The van der Waals surface area contributed by atoms with Crippen molar-refractivity contribution in [1.82, 2.24) is 4.90 Å². The minimum Gasteiger partial charge on any atom is -0.330 e. The van der Waals surface area contributed by atoms with Gasteiger partial charge in [0.25, 0.3) is 0 Å². The van der Waals surface area contributed by atoms with Crippen LogP contribution in [0.2, 0.25) is 10.0 Å². The van der Waals surface area contributed by atoms with Crippen LogP contribution < -0.4 is 5.73 Å². The molecule has 0 spiro atoms. The highest BCUT2D eigenvalue weighted by molar-refractivity contribution is 6.35. The van der Waals surface area contributed by atoms with Gasteiger partial charge in [-0.25, -0.2) is 4.39 Å². The number of nitrogens with zero attached hydrogens (tertiary/aromatic N) is 1. The second-order valence-electron chi connectivity index (χ2n) is 4.59.